The highest BCUT2D eigenvalue weighted by Gasteiger charge is 2.34. The van der Waals surface area contributed by atoms with E-state index in [4.69, 9.17) is 0 Å². The van der Waals surface area contributed by atoms with Crippen LogP contribution in [0.25, 0.3) is 11.6 Å². The Morgan fingerprint density at radius 1 is 1.06 bits per heavy atom. The lowest BCUT2D eigenvalue weighted by Crippen LogP contribution is -2.15. The van der Waals surface area contributed by atoms with E-state index in [0.717, 1.165) is 16.7 Å². The summed E-state index contributed by atoms with van der Waals surface area (Å²) in [4.78, 5) is 21.9. The average molecular weight is 225 g/mol. The quantitative estimate of drug-likeness (QED) is 0.543. The number of rotatable bonds is 1. The highest BCUT2D eigenvalue weighted by molar-refractivity contribution is 6.24. The molecule has 0 spiro atoms. The second-order valence-electron chi connectivity index (χ2n) is 3.86. The van der Waals surface area contributed by atoms with Crippen LogP contribution in [0.5, 0.6) is 0 Å². The molecule has 4 nitrogen and oxygen atoms in total. The zero-order valence-corrected chi connectivity index (χ0v) is 8.71. The number of hydrogen-bond donors (Lipinski definition) is 0. The van der Waals surface area contributed by atoms with Gasteiger partial charge in [-0.05, 0) is 28.9 Å². The maximum atomic E-state index is 11.9. The molecule has 0 N–H and O–H groups in total. The number of allylic oxidation sites excluding steroid dienone is 4. The van der Waals surface area contributed by atoms with E-state index in [-0.39, 0.29) is 5.70 Å². The van der Waals surface area contributed by atoms with Crippen LogP contribution < -0.4 is 0 Å². The van der Waals surface area contributed by atoms with Crippen LogP contribution in [0, 0.1) is 10.1 Å². The van der Waals surface area contributed by atoms with Gasteiger partial charge in [0.25, 0.3) is 5.78 Å². The molecule has 0 aliphatic heterocycles. The lowest BCUT2D eigenvalue weighted by molar-refractivity contribution is -0.418. The SMILES string of the molecule is O=C1C2=Cc3ccccc3C2=CC=C1[N+](=O)[O-]. The molecule has 1 aromatic rings. The summed E-state index contributed by atoms with van der Waals surface area (Å²) in [7, 11) is 0. The van der Waals surface area contributed by atoms with Gasteiger partial charge in [0.15, 0.2) is 0 Å². The zero-order chi connectivity index (χ0) is 12.0. The molecule has 82 valence electrons. The van der Waals surface area contributed by atoms with Crippen LogP contribution in [0.4, 0.5) is 0 Å². The van der Waals surface area contributed by atoms with Crippen molar-refractivity contribution in [2.45, 2.75) is 0 Å². The van der Waals surface area contributed by atoms with Gasteiger partial charge < -0.3 is 0 Å². The molecule has 2 aliphatic carbocycles. The van der Waals surface area contributed by atoms with E-state index in [2.05, 4.69) is 0 Å². The number of nitrogens with zero attached hydrogens (tertiary/aromatic N) is 1. The molecule has 1 aromatic carbocycles. The summed E-state index contributed by atoms with van der Waals surface area (Å²) < 4.78 is 0. The van der Waals surface area contributed by atoms with E-state index in [9.17, 15) is 14.9 Å². The number of Topliss-reactive ketones (excluding diaryl/α,β-unsaturated/α-hetero) is 1. The summed E-state index contributed by atoms with van der Waals surface area (Å²) in [5, 5.41) is 10.7. The molecule has 17 heavy (non-hydrogen) atoms. The summed E-state index contributed by atoms with van der Waals surface area (Å²) in [6.45, 7) is 0. The van der Waals surface area contributed by atoms with Crippen LogP contribution in [0.3, 0.4) is 0 Å². The van der Waals surface area contributed by atoms with Crippen molar-refractivity contribution in [2.24, 2.45) is 0 Å². The van der Waals surface area contributed by atoms with Crippen molar-refractivity contribution in [3.63, 3.8) is 0 Å². The molecule has 0 bridgehead atoms. The van der Waals surface area contributed by atoms with Gasteiger partial charge in [-0.15, -0.1) is 0 Å². The normalized spacial score (nSPS) is 16.7. The minimum Gasteiger partial charge on any atom is -0.282 e. The summed E-state index contributed by atoms with van der Waals surface area (Å²) >= 11 is 0. The molecular formula is C13H7NO3. The summed E-state index contributed by atoms with van der Waals surface area (Å²) in [6, 6.07) is 7.55. The minimum absolute atomic E-state index is 0.368. The van der Waals surface area contributed by atoms with Gasteiger partial charge >= 0.3 is 5.70 Å². The number of benzene rings is 1. The monoisotopic (exact) mass is 225 g/mol. The Morgan fingerprint density at radius 3 is 2.59 bits per heavy atom. The molecule has 4 heteroatoms. The van der Waals surface area contributed by atoms with Crippen LogP contribution in [0.15, 0.2) is 47.7 Å². The smallest absolute Gasteiger partial charge is 0.282 e. The molecule has 2 aliphatic rings. The maximum absolute atomic E-state index is 11.9. The van der Waals surface area contributed by atoms with Crippen molar-refractivity contribution in [1.82, 2.24) is 0 Å². The van der Waals surface area contributed by atoms with E-state index in [1.165, 1.54) is 6.08 Å². The predicted molar refractivity (Wildman–Crippen MR) is 62.5 cm³/mol. The van der Waals surface area contributed by atoms with Gasteiger partial charge in [-0.2, -0.15) is 0 Å². The van der Waals surface area contributed by atoms with Crippen LogP contribution in [0.1, 0.15) is 11.1 Å². The second-order valence-corrected chi connectivity index (χ2v) is 3.86. The molecule has 0 unspecified atom stereocenters. The van der Waals surface area contributed by atoms with E-state index in [1.54, 1.807) is 12.2 Å². The maximum Gasteiger partial charge on any atom is 0.316 e. The Labute approximate surface area is 96.7 Å². The Bertz CT molecular complexity index is 650. The lowest BCUT2D eigenvalue weighted by atomic mass is 9.94. The number of nitro groups is 1. The molecule has 0 heterocycles. The van der Waals surface area contributed by atoms with E-state index < -0.39 is 10.7 Å². The Kier molecular flexibility index (Phi) is 1.86. The van der Waals surface area contributed by atoms with E-state index >= 15 is 0 Å². The van der Waals surface area contributed by atoms with Crippen molar-refractivity contribution < 1.29 is 9.72 Å². The first-order chi connectivity index (χ1) is 8.18. The molecule has 0 aromatic heterocycles. The van der Waals surface area contributed by atoms with Gasteiger partial charge in [-0.25, -0.2) is 0 Å². The summed E-state index contributed by atoms with van der Waals surface area (Å²) in [5.74, 6) is -0.510. The largest absolute Gasteiger partial charge is 0.316 e. The molecule has 0 amide bonds. The first-order valence-electron chi connectivity index (χ1n) is 5.11. The van der Waals surface area contributed by atoms with Crippen molar-refractivity contribution in [3.05, 3.63) is 68.9 Å². The van der Waals surface area contributed by atoms with Gasteiger partial charge in [0, 0.05) is 11.6 Å². The topological polar surface area (TPSA) is 60.2 Å². The molecule has 0 fully saturated rings. The number of ketones is 1. The lowest BCUT2D eigenvalue weighted by Gasteiger charge is -2.08. The fourth-order valence-electron chi connectivity index (χ4n) is 2.13. The third-order valence-corrected chi connectivity index (χ3v) is 2.92. The number of carbonyl (C=O) groups excluding carboxylic acids is 1. The van der Waals surface area contributed by atoms with Gasteiger partial charge in [-0.1, -0.05) is 24.3 Å². The number of carbonyl (C=O) groups is 1. The van der Waals surface area contributed by atoms with Crippen LogP contribution in [0.2, 0.25) is 0 Å². The average Bonchev–Trinajstić information content (AvgIpc) is 2.69. The number of hydrogen-bond acceptors (Lipinski definition) is 3. The van der Waals surface area contributed by atoms with Crippen molar-refractivity contribution in [2.75, 3.05) is 0 Å². The third kappa shape index (κ3) is 1.27. The Hall–Kier alpha value is -2.49. The van der Waals surface area contributed by atoms with Crippen LogP contribution >= 0.6 is 0 Å². The summed E-state index contributed by atoms with van der Waals surface area (Å²) in [5.41, 5.74) is 2.71. The highest BCUT2D eigenvalue weighted by Crippen LogP contribution is 2.38. The molecule has 0 saturated heterocycles. The molecule has 3 rings (SSSR count). The number of fused-ring (bicyclic) bond motifs is 3. The van der Waals surface area contributed by atoms with Crippen molar-refractivity contribution >= 4 is 17.4 Å². The Morgan fingerprint density at radius 2 is 1.82 bits per heavy atom. The van der Waals surface area contributed by atoms with Crippen LogP contribution in [-0.2, 0) is 4.79 Å². The Balaban J connectivity index is 2.19. The molecule has 0 saturated carbocycles. The molecule has 0 atom stereocenters. The molecular weight excluding hydrogens is 218 g/mol. The van der Waals surface area contributed by atoms with Gasteiger partial charge in [0.05, 0.1) is 4.92 Å². The van der Waals surface area contributed by atoms with Crippen molar-refractivity contribution in [3.8, 4) is 0 Å². The van der Waals surface area contributed by atoms with Crippen molar-refractivity contribution in [1.29, 1.82) is 0 Å². The second kappa shape index (κ2) is 3.25. The third-order valence-electron chi connectivity index (χ3n) is 2.92. The fraction of sp³-hybridized carbons (Fsp3) is 0. The predicted octanol–water partition coefficient (Wildman–Crippen LogP) is 2.21. The van der Waals surface area contributed by atoms with E-state index in [1.807, 2.05) is 24.3 Å². The van der Waals surface area contributed by atoms with Gasteiger partial charge in [0.1, 0.15) is 0 Å². The van der Waals surface area contributed by atoms with Gasteiger partial charge in [-0.3, -0.25) is 14.9 Å². The highest BCUT2D eigenvalue weighted by atomic mass is 16.6. The zero-order valence-electron chi connectivity index (χ0n) is 8.71. The first-order valence-corrected chi connectivity index (χ1v) is 5.11. The van der Waals surface area contributed by atoms with Gasteiger partial charge in [0.2, 0.25) is 0 Å². The standard InChI is InChI=1S/C13H7NO3/c15-13-11-7-8-3-1-2-4-9(8)10(11)5-6-12(13)14(16)17/h1-7H. The molecule has 0 radical (unpaired) electrons. The first kappa shape index (κ1) is 9.72. The van der Waals surface area contributed by atoms with Crippen LogP contribution in [-0.4, -0.2) is 10.7 Å². The van der Waals surface area contributed by atoms with E-state index in [0.29, 0.717) is 5.57 Å². The minimum atomic E-state index is -0.639. The summed E-state index contributed by atoms with van der Waals surface area (Å²) in [6.07, 6.45) is 4.62. The fourth-order valence-corrected chi connectivity index (χ4v) is 2.13.